The molecular formula is C24H24N4O5. The van der Waals surface area contributed by atoms with E-state index in [1.165, 1.54) is 4.90 Å². The van der Waals surface area contributed by atoms with Crippen LogP contribution < -0.4 is 16.0 Å². The van der Waals surface area contributed by atoms with Gasteiger partial charge in [-0.1, -0.05) is 36.4 Å². The molecule has 0 radical (unpaired) electrons. The molecule has 2 aliphatic heterocycles. The fraction of sp³-hybridized carbons (Fsp3) is 0.333. The Labute approximate surface area is 190 Å². The molecule has 5 rings (SSSR count). The van der Waals surface area contributed by atoms with Gasteiger partial charge in [0.15, 0.2) is 0 Å². The highest BCUT2D eigenvalue weighted by atomic mass is 16.6. The number of hydrogen-bond donors (Lipinski definition) is 3. The van der Waals surface area contributed by atoms with Crippen LogP contribution in [0.1, 0.15) is 23.1 Å². The van der Waals surface area contributed by atoms with Crippen molar-refractivity contribution < 1.29 is 23.9 Å². The van der Waals surface area contributed by atoms with Crippen molar-refractivity contribution in [3.05, 3.63) is 65.2 Å². The Kier molecular flexibility index (Phi) is 5.24. The minimum atomic E-state index is -0.890. The average Bonchev–Trinajstić information content (AvgIpc) is 3.27. The van der Waals surface area contributed by atoms with E-state index < -0.39 is 17.7 Å². The zero-order valence-electron chi connectivity index (χ0n) is 17.9. The van der Waals surface area contributed by atoms with Gasteiger partial charge in [0.1, 0.15) is 18.7 Å². The molecule has 9 nitrogen and oxygen atoms in total. The number of ether oxygens (including phenoxy) is 1. The summed E-state index contributed by atoms with van der Waals surface area (Å²) in [4.78, 5) is 50.2. The Morgan fingerprint density at radius 1 is 1.12 bits per heavy atom. The number of amides is 5. The molecule has 2 saturated heterocycles. The van der Waals surface area contributed by atoms with Crippen molar-refractivity contribution in [3.8, 4) is 0 Å². The lowest BCUT2D eigenvalue weighted by atomic mass is 9.78. The number of rotatable bonds is 5. The maximum Gasteiger partial charge on any atom is 0.410 e. The van der Waals surface area contributed by atoms with E-state index in [0.29, 0.717) is 31.4 Å². The summed E-state index contributed by atoms with van der Waals surface area (Å²) in [6.45, 7) is 0.161. The van der Waals surface area contributed by atoms with Gasteiger partial charge in [0.05, 0.1) is 6.04 Å². The second-order valence-electron chi connectivity index (χ2n) is 8.75. The molecular weight excluding hydrogens is 424 g/mol. The van der Waals surface area contributed by atoms with Crippen molar-refractivity contribution in [1.29, 1.82) is 0 Å². The van der Waals surface area contributed by atoms with Gasteiger partial charge in [0, 0.05) is 12.1 Å². The van der Waals surface area contributed by atoms with E-state index in [9.17, 15) is 19.2 Å². The van der Waals surface area contributed by atoms with E-state index in [0.717, 1.165) is 16.7 Å². The van der Waals surface area contributed by atoms with Gasteiger partial charge in [-0.05, 0) is 48.1 Å². The predicted octanol–water partition coefficient (Wildman–Crippen LogP) is 1.76. The van der Waals surface area contributed by atoms with Gasteiger partial charge in [0.2, 0.25) is 5.91 Å². The Morgan fingerprint density at radius 3 is 2.70 bits per heavy atom. The Balaban J connectivity index is 1.23. The van der Waals surface area contributed by atoms with Gasteiger partial charge in [-0.15, -0.1) is 0 Å². The summed E-state index contributed by atoms with van der Waals surface area (Å²) in [5.74, 6) is -0.598. The third-order valence-electron chi connectivity index (χ3n) is 6.52. The molecule has 9 heteroatoms. The van der Waals surface area contributed by atoms with Crippen LogP contribution in [0.5, 0.6) is 0 Å². The zero-order chi connectivity index (χ0) is 23.0. The standard InChI is InChI=1S/C24H24N4O5/c29-20(13-28-19(14-33-23(28)32)10-15-4-2-1-3-5-15)25-18-7-6-17-12-24(9-8-16(17)11-18)21(30)26-22(31)27-24/h1-7,11,19H,8-10,12-14H2,(H,25,29)(H2,26,27,30,31)/t19-,24?/m0/s1. The van der Waals surface area contributed by atoms with E-state index >= 15 is 0 Å². The molecule has 1 spiro atoms. The van der Waals surface area contributed by atoms with Crippen molar-refractivity contribution in [2.45, 2.75) is 37.3 Å². The zero-order valence-corrected chi connectivity index (χ0v) is 17.9. The molecule has 2 heterocycles. The Bertz CT molecular complexity index is 1130. The molecule has 2 fully saturated rings. The topological polar surface area (TPSA) is 117 Å². The van der Waals surface area contributed by atoms with Crippen LogP contribution in [0.3, 0.4) is 0 Å². The Morgan fingerprint density at radius 2 is 1.94 bits per heavy atom. The number of aryl methyl sites for hydroxylation is 1. The van der Waals surface area contributed by atoms with Gasteiger partial charge in [-0.3, -0.25) is 19.8 Å². The highest BCUT2D eigenvalue weighted by Crippen LogP contribution is 2.32. The predicted molar refractivity (Wildman–Crippen MR) is 118 cm³/mol. The van der Waals surface area contributed by atoms with Crippen molar-refractivity contribution in [3.63, 3.8) is 0 Å². The van der Waals surface area contributed by atoms with Crippen LogP contribution in [0.25, 0.3) is 0 Å². The minimum Gasteiger partial charge on any atom is -0.447 e. The normalized spacial score (nSPS) is 23.7. The van der Waals surface area contributed by atoms with Gasteiger partial charge in [-0.25, -0.2) is 9.59 Å². The van der Waals surface area contributed by atoms with Crippen LogP contribution in [-0.2, 0) is 33.6 Å². The molecule has 170 valence electrons. The number of nitrogens with zero attached hydrogens (tertiary/aromatic N) is 1. The summed E-state index contributed by atoms with van der Waals surface area (Å²) < 4.78 is 5.18. The van der Waals surface area contributed by atoms with Crippen LogP contribution in [0, 0.1) is 0 Å². The second kappa shape index (κ2) is 8.23. The number of carbonyl (C=O) groups excluding carboxylic acids is 4. The first-order chi connectivity index (χ1) is 15.9. The summed E-state index contributed by atoms with van der Waals surface area (Å²) in [5, 5.41) is 7.93. The number of imide groups is 1. The molecule has 1 aliphatic carbocycles. The molecule has 2 aromatic carbocycles. The number of urea groups is 1. The number of fused-ring (bicyclic) bond motifs is 1. The third-order valence-corrected chi connectivity index (χ3v) is 6.52. The highest BCUT2D eigenvalue weighted by molar-refractivity contribution is 6.07. The molecule has 0 aromatic heterocycles. The smallest absolute Gasteiger partial charge is 0.410 e. The van der Waals surface area contributed by atoms with E-state index in [1.54, 1.807) is 6.07 Å². The molecule has 0 bridgehead atoms. The van der Waals surface area contributed by atoms with E-state index in [4.69, 9.17) is 4.74 Å². The van der Waals surface area contributed by atoms with Gasteiger partial charge >= 0.3 is 12.1 Å². The van der Waals surface area contributed by atoms with Crippen molar-refractivity contribution in [2.75, 3.05) is 18.5 Å². The molecule has 3 N–H and O–H groups in total. The van der Waals surface area contributed by atoms with Crippen LogP contribution in [-0.4, -0.2) is 53.6 Å². The lowest BCUT2D eigenvalue weighted by molar-refractivity contribution is -0.124. The third kappa shape index (κ3) is 4.13. The van der Waals surface area contributed by atoms with Crippen molar-refractivity contribution in [2.24, 2.45) is 0 Å². The number of cyclic esters (lactones) is 1. The fourth-order valence-corrected chi connectivity index (χ4v) is 4.79. The fourth-order valence-electron chi connectivity index (χ4n) is 4.79. The quantitative estimate of drug-likeness (QED) is 0.603. The molecule has 5 amide bonds. The van der Waals surface area contributed by atoms with Gasteiger partial charge < -0.3 is 15.4 Å². The maximum atomic E-state index is 12.7. The lowest BCUT2D eigenvalue weighted by Crippen LogP contribution is -2.51. The van der Waals surface area contributed by atoms with Gasteiger partial charge in [0.25, 0.3) is 5.91 Å². The first kappa shape index (κ1) is 21.0. The summed E-state index contributed by atoms with van der Waals surface area (Å²) >= 11 is 0. The van der Waals surface area contributed by atoms with Gasteiger partial charge in [-0.2, -0.15) is 0 Å². The van der Waals surface area contributed by atoms with Crippen LogP contribution in [0.2, 0.25) is 0 Å². The molecule has 0 saturated carbocycles. The SMILES string of the molecule is O=C(CN1C(=O)OC[C@@H]1Cc1ccccc1)Nc1ccc2c(c1)CCC1(C2)NC(=O)NC1=O. The number of benzene rings is 2. The summed E-state index contributed by atoms with van der Waals surface area (Å²) in [5.41, 5.74) is 2.80. The monoisotopic (exact) mass is 448 g/mol. The van der Waals surface area contributed by atoms with E-state index in [1.807, 2.05) is 42.5 Å². The van der Waals surface area contributed by atoms with Crippen LogP contribution in [0.15, 0.2) is 48.5 Å². The summed E-state index contributed by atoms with van der Waals surface area (Å²) in [7, 11) is 0. The highest BCUT2D eigenvalue weighted by Gasteiger charge is 2.47. The average molecular weight is 448 g/mol. The number of carbonyl (C=O) groups is 4. The van der Waals surface area contributed by atoms with E-state index in [2.05, 4.69) is 16.0 Å². The first-order valence-corrected chi connectivity index (χ1v) is 10.9. The first-order valence-electron chi connectivity index (χ1n) is 10.9. The number of hydrogen-bond acceptors (Lipinski definition) is 5. The molecule has 1 unspecified atom stereocenters. The van der Waals surface area contributed by atoms with E-state index in [-0.39, 0.29) is 31.0 Å². The maximum absolute atomic E-state index is 12.7. The van der Waals surface area contributed by atoms with Crippen LogP contribution in [0.4, 0.5) is 15.3 Å². The Hall–Kier alpha value is -3.88. The number of nitrogens with one attached hydrogen (secondary N) is 3. The second-order valence-corrected chi connectivity index (χ2v) is 8.75. The van der Waals surface area contributed by atoms with Crippen molar-refractivity contribution >= 4 is 29.6 Å². The molecule has 3 aliphatic rings. The largest absolute Gasteiger partial charge is 0.447 e. The lowest BCUT2D eigenvalue weighted by Gasteiger charge is -2.32. The minimum absolute atomic E-state index is 0.0945. The van der Waals surface area contributed by atoms with Crippen molar-refractivity contribution in [1.82, 2.24) is 15.5 Å². The molecule has 2 aromatic rings. The van der Waals surface area contributed by atoms with Crippen LogP contribution >= 0.6 is 0 Å². The number of anilines is 1. The molecule has 33 heavy (non-hydrogen) atoms. The molecule has 2 atom stereocenters. The summed E-state index contributed by atoms with van der Waals surface area (Å²) in [6.07, 6.45) is 1.64. The summed E-state index contributed by atoms with van der Waals surface area (Å²) in [6, 6.07) is 14.7.